The molecule has 1 aliphatic rings. The van der Waals surface area contributed by atoms with Crippen LogP contribution in [0.3, 0.4) is 0 Å². The van der Waals surface area contributed by atoms with E-state index in [0.29, 0.717) is 36.5 Å². The number of H-pyrrole nitrogens is 1. The van der Waals surface area contributed by atoms with Gasteiger partial charge in [0.15, 0.2) is 9.84 Å². The Morgan fingerprint density at radius 3 is 2.74 bits per heavy atom. The van der Waals surface area contributed by atoms with Gasteiger partial charge in [0.25, 0.3) is 0 Å². The molecule has 3 rings (SSSR count). The number of ether oxygens (including phenoxy) is 1. The van der Waals surface area contributed by atoms with Gasteiger partial charge in [-0.25, -0.2) is 13.2 Å². The van der Waals surface area contributed by atoms with Crippen molar-refractivity contribution in [2.45, 2.75) is 36.3 Å². The highest BCUT2D eigenvalue weighted by Crippen LogP contribution is 2.31. The Labute approximate surface area is 135 Å². The van der Waals surface area contributed by atoms with E-state index in [-0.39, 0.29) is 5.97 Å². The average molecular weight is 333 g/mol. The lowest BCUT2D eigenvalue weighted by Gasteiger charge is -2.23. The molecule has 1 N–H and O–H groups in total. The van der Waals surface area contributed by atoms with Crippen molar-refractivity contribution in [3.63, 3.8) is 0 Å². The third kappa shape index (κ3) is 2.91. The number of hydrogen-bond acceptors (Lipinski definition) is 4. The zero-order valence-electron chi connectivity index (χ0n) is 12.9. The Morgan fingerprint density at radius 2 is 2.04 bits per heavy atom. The summed E-state index contributed by atoms with van der Waals surface area (Å²) in [5, 5.41) is -0.455. The van der Waals surface area contributed by atoms with Crippen molar-refractivity contribution < 1.29 is 17.9 Å². The predicted octanol–water partition coefficient (Wildman–Crippen LogP) is 2.52. The molecular formula is C17H19NO4S. The fourth-order valence-electron chi connectivity index (χ4n) is 3.07. The molecule has 0 spiro atoms. The standard InChI is InChI=1S/C17H19NO4S/c1-2-22-17(19)16-15-9-8-14(10-12(15)11-18-16)23(20,21)13-6-4-3-5-7-13/h3-7,11,14,18H,2,8-10H2,1H3. The van der Waals surface area contributed by atoms with Crippen LogP contribution < -0.4 is 0 Å². The minimum atomic E-state index is -3.36. The number of fused-ring (bicyclic) bond motifs is 1. The molecule has 0 bridgehead atoms. The van der Waals surface area contributed by atoms with Crippen molar-refractivity contribution in [2.75, 3.05) is 6.61 Å². The van der Waals surface area contributed by atoms with Crippen molar-refractivity contribution in [3.8, 4) is 0 Å². The summed E-state index contributed by atoms with van der Waals surface area (Å²) in [6, 6.07) is 8.53. The summed E-state index contributed by atoms with van der Waals surface area (Å²) in [7, 11) is -3.36. The number of aromatic amines is 1. The van der Waals surface area contributed by atoms with Gasteiger partial charge in [0.05, 0.1) is 16.8 Å². The minimum absolute atomic E-state index is 0.317. The Hall–Kier alpha value is -2.08. The number of esters is 1. The number of sulfone groups is 1. The molecule has 1 aromatic heterocycles. The summed E-state index contributed by atoms with van der Waals surface area (Å²) in [5.74, 6) is -0.377. The third-order valence-corrected chi connectivity index (χ3v) is 6.44. The van der Waals surface area contributed by atoms with E-state index in [4.69, 9.17) is 4.74 Å². The van der Waals surface area contributed by atoms with E-state index < -0.39 is 15.1 Å². The maximum Gasteiger partial charge on any atom is 0.355 e. The summed E-state index contributed by atoms with van der Waals surface area (Å²) in [6.45, 7) is 2.08. The first-order valence-corrected chi connectivity index (χ1v) is 9.24. The SMILES string of the molecule is CCOC(=O)c1[nH]cc2c1CCC(S(=O)(=O)c1ccccc1)C2. The van der Waals surface area contributed by atoms with E-state index >= 15 is 0 Å². The van der Waals surface area contributed by atoms with Crippen LogP contribution in [0.1, 0.15) is 35.0 Å². The summed E-state index contributed by atoms with van der Waals surface area (Å²) in [6.07, 6.45) is 3.22. The smallest absolute Gasteiger partial charge is 0.355 e. The molecule has 122 valence electrons. The summed E-state index contributed by atoms with van der Waals surface area (Å²) in [4.78, 5) is 15.2. The first kappa shape index (κ1) is 15.8. The molecule has 1 atom stereocenters. The molecule has 0 fully saturated rings. The monoisotopic (exact) mass is 333 g/mol. The van der Waals surface area contributed by atoms with Gasteiger partial charge >= 0.3 is 5.97 Å². The fourth-order valence-corrected chi connectivity index (χ4v) is 4.82. The topological polar surface area (TPSA) is 76.2 Å². The van der Waals surface area contributed by atoms with Crippen LogP contribution in [0.5, 0.6) is 0 Å². The Kier molecular flexibility index (Phi) is 4.26. The van der Waals surface area contributed by atoms with Crippen LogP contribution in [0.15, 0.2) is 41.4 Å². The van der Waals surface area contributed by atoms with Crippen LogP contribution in [-0.4, -0.2) is 31.2 Å². The van der Waals surface area contributed by atoms with E-state index in [1.807, 2.05) is 0 Å². The van der Waals surface area contributed by atoms with Gasteiger partial charge < -0.3 is 9.72 Å². The summed E-state index contributed by atoms with van der Waals surface area (Å²) >= 11 is 0. The van der Waals surface area contributed by atoms with Gasteiger partial charge in [0, 0.05) is 6.20 Å². The molecule has 23 heavy (non-hydrogen) atoms. The maximum absolute atomic E-state index is 12.7. The van der Waals surface area contributed by atoms with Crippen molar-refractivity contribution in [1.29, 1.82) is 0 Å². The number of nitrogens with one attached hydrogen (secondary N) is 1. The number of carbonyl (C=O) groups is 1. The zero-order chi connectivity index (χ0) is 16.4. The molecule has 0 radical (unpaired) electrons. The number of hydrogen-bond donors (Lipinski definition) is 1. The predicted molar refractivity (Wildman–Crippen MR) is 86.2 cm³/mol. The highest BCUT2D eigenvalue weighted by Gasteiger charge is 2.33. The molecule has 0 amide bonds. The quantitative estimate of drug-likeness (QED) is 0.872. The average Bonchev–Trinajstić information content (AvgIpc) is 2.99. The van der Waals surface area contributed by atoms with Gasteiger partial charge in [-0.3, -0.25) is 0 Å². The maximum atomic E-state index is 12.7. The van der Waals surface area contributed by atoms with Gasteiger partial charge in [0.1, 0.15) is 5.69 Å². The molecule has 1 unspecified atom stereocenters. The molecule has 5 nitrogen and oxygen atoms in total. The van der Waals surface area contributed by atoms with Gasteiger partial charge in [-0.15, -0.1) is 0 Å². The number of benzene rings is 1. The van der Waals surface area contributed by atoms with Gasteiger partial charge in [0.2, 0.25) is 0 Å². The van der Waals surface area contributed by atoms with Crippen LogP contribution in [0.4, 0.5) is 0 Å². The van der Waals surface area contributed by atoms with Crippen LogP contribution in [0, 0.1) is 0 Å². The fraction of sp³-hybridized carbons (Fsp3) is 0.353. The second kappa shape index (κ2) is 6.20. The molecule has 0 saturated heterocycles. The lowest BCUT2D eigenvalue weighted by atomic mass is 9.93. The molecule has 0 aliphatic heterocycles. The Morgan fingerprint density at radius 1 is 1.30 bits per heavy atom. The van der Waals surface area contributed by atoms with E-state index in [1.165, 1.54) is 0 Å². The van der Waals surface area contributed by atoms with E-state index in [1.54, 1.807) is 43.5 Å². The highest BCUT2D eigenvalue weighted by atomic mass is 32.2. The van der Waals surface area contributed by atoms with E-state index in [9.17, 15) is 13.2 Å². The molecule has 0 saturated carbocycles. The first-order valence-electron chi connectivity index (χ1n) is 7.69. The van der Waals surface area contributed by atoms with Crippen LogP contribution >= 0.6 is 0 Å². The van der Waals surface area contributed by atoms with Crippen molar-refractivity contribution >= 4 is 15.8 Å². The molecule has 1 heterocycles. The second-order valence-electron chi connectivity index (χ2n) is 5.61. The number of rotatable bonds is 4. The number of carbonyl (C=O) groups excluding carboxylic acids is 1. The molecule has 6 heteroatoms. The van der Waals surface area contributed by atoms with Crippen LogP contribution in [0.25, 0.3) is 0 Å². The van der Waals surface area contributed by atoms with E-state index in [2.05, 4.69) is 4.98 Å². The van der Waals surface area contributed by atoms with Gasteiger partial charge in [-0.1, -0.05) is 18.2 Å². The van der Waals surface area contributed by atoms with Gasteiger partial charge in [-0.2, -0.15) is 0 Å². The normalized spacial score (nSPS) is 17.5. The second-order valence-corrected chi connectivity index (χ2v) is 7.84. The third-order valence-electron chi connectivity index (χ3n) is 4.23. The molecule has 1 aromatic carbocycles. The summed E-state index contributed by atoms with van der Waals surface area (Å²) < 4.78 is 30.5. The minimum Gasteiger partial charge on any atom is -0.461 e. The molecular weight excluding hydrogens is 314 g/mol. The Balaban J connectivity index is 1.86. The highest BCUT2D eigenvalue weighted by molar-refractivity contribution is 7.92. The van der Waals surface area contributed by atoms with Crippen molar-refractivity contribution in [1.82, 2.24) is 4.98 Å². The van der Waals surface area contributed by atoms with Crippen LogP contribution in [0.2, 0.25) is 0 Å². The summed E-state index contributed by atoms with van der Waals surface area (Å²) in [5.41, 5.74) is 2.24. The van der Waals surface area contributed by atoms with Crippen molar-refractivity contribution in [3.05, 3.63) is 53.3 Å². The van der Waals surface area contributed by atoms with Gasteiger partial charge in [-0.05, 0) is 49.4 Å². The number of aromatic nitrogens is 1. The zero-order valence-corrected chi connectivity index (χ0v) is 13.7. The Bertz CT molecular complexity index is 808. The van der Waals surface area contributed by atoms with E-state index in [0.717, 1.165) is 11.1 Å². The first-order chi connectivity index (χ1) is 11.0. The van der Waals surface area contributed by atoms with Crippen LogP contribution in [-0.2, 0) is 27.4 Å². The lowest BCUT2D eigenvalue weighted by molar-refractivity contribution is 0.0519. The largest absolute Gasteiger partial charge is 0.461 e. The molecule has 2 aromatic rings. The molecule has 1 aliphatic carbocycles. The van der Waals surface area contributed by atoms with Crippen molar-refractivity contribution in [2.24, 2.45) is 0 Å². The lowest BCUT2D eigenvalue weighted by Crippen LogP contribution is -2.28.